The quantitative estimate of drug-likeness (QED) is 0.160. The lowest BCUT2D eigenvalue weighted by Gasteiger charge is -2.08. The zero-order valence-electron chi connectivity index (χ0n) is 27.5. The van der Waals surface area contributed by atoms with E-state index >= 15 is 0 Å². The van der Waals surface area contributed by atoms with Crippen molar-refractivity contribution in [3.05, 3.63) is 137 Å². The van der Waals surface area contributed by atoms with Gasteiger partial charge in [-0.1, -0.05) is 72.8 Å². The molecule has 1 aromatic heterocycles. The van der Waals surface area contributed by atoms with E-state index < -0.39 is 0 Å². The minimum absolute atomic E-state index is 0.897. The van der Waals surface area contributed by atoms with Gasteiger partial charge in [0.2, 0.25) is 11.4 Å². The van der Waals surface area contributed by atoms with Crippen LogP contribution < -0.4 is 14.8 Å². The van der Waals surface area contributed by atoms with Gasteiger partial charge in [-0.2, -0.15) is 4.58 Å². The summed E-state index contributed by atoms with van der Waals surface area (Å²) in [6.07, 6.45) is 11.4. The Hall–Kier alpha value is -5.35. The van der Waals surface area contributed by atoms with Crippen LogP contribution in [0.4, 0.5) is 5.69 Å². The highest BCUT2D eigenvalue weighted by Gasteiger charge is 2.31. The van der Waals surface area contributed by atoms with Gasteiger partial charge < -0.3 is 14.0 Å². The van der Waals surface area contributed by atoms with Gasteiger partial charge in [0.1, 0.15) is 18.0 Å². The summed E-state index contributed by atoms with van der Waals surface area (Å²) in [7, 11) is 3.51. The van der Waals surface area contributed by atoms with Crippen LogP contribution in [0.1, 0.15) is 37.8 Å². The van der Waals surface area contributed by atoms with E-state index in [1.807, 2.05) is 0 Å². The van der Waals surface area contributed by atoms with E-state index in [9.17, 15) is 0 Å². The second kappa shape index (κ2) is 11.8. The van der Waals surface area contributed by atoms with Crippen molar-refractivity contribution in [1.29, 1.82) is 0 Å². The molecule has 4 nitrogen and oxygen atoms in total. The molecule has 0 spiro atoms. The van der Waals surface area contributed by atoms with Gasteiger partial charge in [0.05, 0.1) is 25.2 Å². The van der Waals surface area contributed by atoms with Crippen LogP contribution in [-0.4, -0.2) is 35.6 Å². The van der Waals surface area contributed by atoms with Crippen LogP contribution in [0.25, 0.3) is 44.1 Å². The fourth-order valence-electron chi connectivity index (χ4n) is 7.94. The summed E-state index contributed by atoms with van der Waals surface area (Å²) in [4.78, 5) is 0. The number of benzene rings is 5. The number of nitrogens with zero attached hydrogens (tertiary/aromatic N) is 2. The van der Waals surface area contributed by atoms with Crippen molar-refractivity contribution in [2.45, 2.75) is 33.2 Å². The lowest BCUT2D eigenvalue weighted by Crippen LogP contribution is -2.14. The summed E-state index contributed by atoms with van der Waals surface area (Å²) in [5.41, 5.74) is 10.4. The number of ether oxygens (including phenoxy) is 2. The third kappa shape index (κ3) is 4.54. The maximum atomic E-state index is 5.73. The molecule has 0 bridgehead atoms. The Morgan fingerprint density at radius 2 is 1.43 bits per heavy atom. The predicted molar refractivity (Wildman–Crippen MR) is 196 cm³/mol. The summed E-state index contributed by atoms with van der Waals surface area (Å²) in [5, 5.41) is 7.38. The largest absolute Gasteiger partial charge is 0.496 e. The third-order valence-electron chi connectivity index (χ3n) is 10.00. The van der Waals surface area contributed by atoms with Gasteiger partial charge in [-0.25, -0.2) is 0 Å². The molecule has 2 aliphatic rings. The van der Waals surface area contributed by atoms with E-state index in [1.165, 1.54) is 66.3 Å². The molecule has 1 aliphatic heterocycles. The monoisotopic (exact) mass is 615 g/mol. The fraction of sp³-hybridized carbons (Fsp3) is 0.186. The van der Waals surface area contributed by atoms with Crippen LogP contribution in [0.3, 0.4) is 0 Å². The molecule has 0 radical (unpaired) electrons. The van der Waals surface area contributed by atoms with Crippen molar-refractivity contribution in [3.63, 3.8) is 0 Å². The van der Waals surface area contributed by atoms with Crippen molar-refractivity contribution in [2.24, 2.45) is 0 Å². The Bertz CT molecular complexity index is 2390. The highest BCUT2D eigenvalue weighted by atomic mass is 16.5. The highest BCUT2D eigenvalue weighted by molar-refractivity contribution is 6.20. The first-order valence-electron chi connectivity index (χ1n) is 16.7. The molecule has 0 fully saturated rings. The zero-order valence-corrected chi connectivity index (χ0v) is 27.5. The third-order valence-corrected chi connectivity index (χ3v) is 10.00. The van der Waals surface area contributed by atoms with Gasteiger partial charge >= 0.3 is 0 Å². The van der Waals surface area contributed by atoms with Crippen LogP contribution in [0.5, 0.6) is 11.5 Å². The predicted octanol–water partition coefficient (Wildman–Crippen LogP) is 9.38. The van der Waals surface area contributed by atoms with Gasteiger partial charge in [-0.15, -0.1) is 0 Å². The number of allylic oxidation sites excluding steroid dienone is 6. The number of aromatic nitrogens is 1. The topological polar surface area (TPSA) is 26.4 Å². The molecule has 8 rings (SSSR count). The lowest BCUT2D eigenvalue weighted by atomic mass is 9.97. The average molecular weight is 616 g/mol. The normalized spacial score (nSPS) is 16.0. The van der Waals surface area contributed by atoms with Gasteiger partial charge in [0, 0.05) is 51.1 Å². The number of hydrogen-bond acceptors (Lipinski definition) is 2. The fourth-order valence-corrected chi connectivity index (χ4v) is 7.94. The number of rotatable bonds is 8. The van der Waals surface area contributed by atoms with E-state index in [1.54, 1.807) is 14.2 Å². The Morgan fingerprint density at radius 1 is 0.702 bits per heavy atom. The number of methoxy groups -OCH3 is 2. The van der Waals surface area contributed by atoms with E-state index in [4.69, 9.17) is 9.47 Å². The Labute approximate surface area is 275 Å². The van der Waals surface area contributed by atoms with E-state index in [-0.39, 0.29) is 0 Å². The van der Waals surface area contributed by atoms with Gasteiger partial charge in [0.25, 0.3) is 0 Å². The first-order chi connectivity index (χ1) is 23.2. The zero-order chi connectivity index (χ0) is 32.1. The molecule has 0 saturated carbocycles. The minimum Gasteiger partial charge on any atom is -0.496 e. The second-order valence-corrected chi connectivity index (χ2v) is 12.2. The first kappa shape index (κ1) is 29.1. The molecule has 47 heavy (non-hydrogen) atoms. The summed E-state index contributed by atoms with van der Waals surface area (Å²) in [6.45, 7) is 6.25. The summed E-state index contributed by atoms with van der Waals surface area (Å²) in [6, 6.07) is 32.6. The minimum atomic E-state index is 0.897. The Morgan fingerprint density at radius 3 is 2.17 bits per heavy atom. The molecule has 1 aliphatic carbocycles. The van der Waals surface area contributed by atoms with Crippen molar-refractivity contribution in [2.75, 3.05) is 20.8 Å². The van der Waals surface area contributed by atoms with Crippen LogP contribution in [-0.2, 0) is 6.54 Å². The first-order valence-corrected chi connectivity index (χ1v) is 16.7. The smallest absolute Gasteiger partial charge is 0.214 e. The standard InChI is InChI=1S/C43H39N2O2/c1-5-44-35(31-14-10-16-33-39(46-3)26-24-37(44)42(31)33)22-20-29-18-19-30(41(29)28-12-8-7-9-13-28)21-23-36-32-15-11-17-34-40(47-4)27-25-38(43(32)34)45(36)6-2/h7-17,20-27H,5-6,18-19H2,1-4H3/q+1. The van der Waals surface area contributed by atoms with E-state index in [0.29, 0.717) is 0 Å². The van der Waals surface area contributed by atoms with Gasteiger partial charge in [-0.3, -0.25) is 0 Å². The molecule has 4 heteroatoms. The molecule has 0 N–H and O–H groups in total. The van der Waals surface area contributed by atoms with Crippen molar-refractivity contribution >= 4 is 55.5 Å². The number of hydrogen-bond donors (Lipinski definition) is 0. The molecule has 0 amide bonds. The van der Waals surface area contributed by atoms with Crippen molar-refractivity contribution < 1.29 is 14.0 Å². The molecule has 0 unspecified atom stereocenters. The molecule has 0 atom stereocenters. The second-order valence-electron chi connectivity index (χ2n) is 12.2. The summed E-state index contributed by atoms with van der Waals surface area (Å²) < 4.78 is 16.3. The van der Waals surface area contributed by atoms with Gasteiger partial charge in [0.15, 0.2) is 0 Å². The summed E-state index contributed by atoms with van der Waals surface area (Å²) >= 11 is 0. The van der Waals surface area contributed by atoms with Crippen molar-refractivity contribution in [1.82, 2.24) is 4.57 Å². The molecule has 6 aromatic rings. The SMILES string of the molecule is CCn1/c(=C\C=C2\CCC(/C=C/C3=[N+](CC)c4ccc(OC)c5cccc3c45)=C2c2ccccc2)c2cccc3c(OC)ccc1c32. The molecular weight excluding hydrogens is 576 g/mol. The molecule has 232 valence electrons. The molecule has 5 aromatic carbocycles. The maximum absolute atomic E-state index is 5.73. The van der Waals surface area contributed by atoms with Gasteiger partial charge in [-0.05, 0) is 79.3 Å². The maximum Gasteiger partial charge on any atom is 0.214 e. The molecule has 0 saturated heterocycles. The van der Waals surface area contributed by atoms with Crippen LogP contribution >= 0.6 is 0 Å². The number of aryl methyl sites for hydroxylation is 1. The Balaban J connectivity index is 1.27. The lowest BCUT2D eigenvalue weighted by molar-refractivity contribution is -0.430. The average Bonchev–Trinajstić information content (AvgIpc) is 3.77. The van der Waals surface area contributed by atoms with E-state index in [0.717, 1.165) is 48.2 Å². The highest BCUT2D eigenvalue weighted by Crippen LogP contribution is 2.42. The summed E-state index contributed by atoms with van der Waals surface area (Å²) in [5.74, 6) is 1.84. The Kier molecular flexibility index (Phi) is 7.29. The molecule has 2 heterocycles. The van der Waals surface area contributed by atoms with E-state index in [2.05, 4.69) is 138 Å². The van der Waals surface area contributed by atoms with Crippen LogP contribution in [0.15, 0.2) is 120 Å². The molecular formula is C43H39N2O2+. The van der Waals surface area contributed by atoms with Crippen LogP contribution in [0, 0.1) is 0 Å². The van der Waals surface area contributed by atoms with Crippen LogP contribution in [0.2, 0.25) is 0 Å². The van der Waals surface area contributed by atoms with Crippen molar-refractivity contribution in [3.8, 4) is 11.5 Å².